The summed E-state index contributed by atoms with van der Waals surface area (Å²) in [5.74, 6) is 2.16. The fourth-order valence-electron chi connectivity index (χ4n) is 4.08. The van der Waals surface area contributed by atoms with E-state index in [2.05, 4.69) is 23.5 Å². The molecule has 0 spiro atoms. The Morgan fingerprint density at radius 2 is 1.83 bits per heavy atom. The molecular formula is C23H31N2O5+. The van der Waals surface area contributed by atoms with Gasteiger partial charge in [-0.25, -0.2) is 0 Å². The predicted octanol–water partition coefficient (Wildman–Crippen LogP) is 1.16. The molecule has 1 heterocycles. The Kier molecular flexibility index (Phi) is 7.54. The maximum absolute atomic E-state index is 12.1. The molecule has 1 unspecified atom stereocenters. The lowest BCUT2D eigenvalue weighted by Crippen LogP contribution is -3.12. The van der Waals surface area contributed by atoms with Crippen molar-refractivity contribution in [2.45, 2.75) is 19.0 Å². The molecular weight excluding hydrogens is 384 g/mol. The van der Waals surface area contributed by atoms with E-state index in [0.29, 0.717) is 12.3 Å². The molecule has 1 aliphatic rings. The van der Waals surface area contributed by atoms with Gasteiger partial charge < -0.3 is 29.2 Å². The highest BCUT2D eigenvalue weighted by Crippen LogP contribution is 2.34. The van der Waals surface area contributed by atoms with E-state index in [4.69, 9.17) is 18.9 Å². The minimum atomic E-state index is -0.120. The SMILES string of the molecule is COCC(=O)NC[C@@H]1c2cc(OC)c(OC)cc2CC[NH+]1Cc1cccc(OC)c1. The summed E-state index contributed by atoms with van der Waals surface area (Å²) in [6, 6.07) is 12.3. The first kappa shape index (κ1) is 21.9. The lowest BCUT2D eigenvalue weighted by atomic mass is 9.91. The van der Waals surface area contributed by atoms with Crippen LogP contribution in [0.5, 0.6) is 17.2 Å². The number of carbonyl (C=O) groups excluding carboxylic acids is 1. The van der Waals surface area contributed by atoms with Gasteiger partial charge in [0.25, 0.3) is 0 Å². The number of ether oxygens (including phenoxy) is 4. The summed E-state index contributed by atoms with van der Waals surface area (Å²) >= 11 is 0. The number of benzene rings is 2. The molecule has 2 aromatic rings. The first-order chi connectivity index (χ1) is 14.6. The number of nitrogens with one attached hydrogen (secondary N) is 2. The van der Waals surface area contributed by atoms with E-state index in [1.165, 1.54) is 28.7 Å². The summed E-state index contributed by atoms with van der Waals surface area (Å²) in [5.41, 5.74) is 3.60. The molecule has 7 nitrogen and oxygen atoms in total. The zero-order valence-corrected chi connectivity index (χ0v) is 18.1. The largest absolute Gasteiger partial charge is 0.497 e. The molecule has 162 valence electrons. The Hall–Kier alpha value is -2.77. The minimum Gasteiger partial charge on any atom is -0.497 e. The second kappa shape index (κ2) is 10.3. The van der Waals surface area contributed by atoms with Gasteiger partial charge in [0.05, 0.1) is 34.4 Å². The third-order valence-corrected chi connectivity index (χ3v) is 5.57. The van der Waals surface area contributed by atoms with E-state index in [1.54, 1.807) is 21.3 Å². The minimum absolute atomic E-state index is 0.0523. The molecule has 1 aliphatic heterocycles. The van der Waals surface area contributed by atoms with Gasteiger partial charge in [0.1, 0.15) is 24.9 Å². The molecule has 3 rings (SSSR count). The molecule has 0 radical (unpaired) electrons. The maximum atomic E-state index is 12.1. The highest BCUT2D eigenvalue weighted by atomic mass is 16.5. The normalized spacial score (nSPS) is 17.7. The summed E-state index contributed by atoms with van der Waals surface area (Å²) < 4.78 is 21.4. The van der Waals surface area contributed by atoms with Gasteiger partial charge in [-0.3, -0.25) is 4.79 Å². The summed E-state index contributed by atoms with van der Waals surface area (Å²) in [6.07, 6.45) is 0.928. The molecule has 0 aromatic heterocycles. The van der Waals surface area contributed by atoms with E-state index >= 15 is 0 Å². The molecule has 0 saturated heterocycles. The van der Waals surface area contributed by atoms with Crippen LogP contribution >= 0.6 is 0 Å². The molecule has 0 fully saturated rings. The first-order valence-electron chi connectivity index (χ1n) is 10.1. The van der Waals surface area contributed by atoms with Crippen LogP contribution in [-0.4, -0.2) is 54.0 Å². The van der Waals surface area contributed by atoms with Crippen LogP contribution in [-0.2, 0) is 22.5 Å². The molecule has 0 bridgehead atoms. The molecule has 1 amide bonds. The molecule has 7 heteroatoms. The second-order valence-electron chi connectivity index (χ2n) is 7.38. The van der Waals surface area contributed by atoms with Gasteiger partial charge in [-0.15, -0.1) is 0 Å². The second-order valence-corrected chi connectivity index (χ2v) is 7.38. The van der Waals surface area contributed by atoms with Gasteiger partial charge in [0.15, 0.2) is 11.5 Å². The van der Waals surface area contributed by atoms with Crippen molar-refractivity contribution in [2.75, 3.05) is 48.1 Å². The van der Waals surface area contributed by atoms with Crippen LogP contribution in [0.4, 0.5) is 0 Å². The van der Waals surface area contributed by atoms with Gasteiger partial charge in [-0.05, 0) is 29.8 Å². The lowest BCUT2D eigenvalue weighted by molar-refractivity contribution is -0.945. The lowest BCUT2D eigenvalue weighted by Gasteiger charge is -2.35. The average molecular weight is 416 g/mol. The van der Waals surface area contributed by atoms with Crippen molar-refractivity contribution in [1.82, 2.24) is 5.32 Å². The Balaban J connectivity index is 1.90. The number of amides is 1. The van der Waals surface area contributed by atoms with Crippen molar-refractivity contribution < 1.29 is 28.6 Å². The zero-order chi connectivity index (χ0) is 21.5. The van der Waals surface area contributed by atoms with Crippen molar-refractivity contribution in [3.8, 4) is 17.2 Å². The topological polar surface area (TPSA) is 70.5 Å². The highest BCUT2D eigenvalue weighted by Gasteiger charge is 2.33. The van der Waals surface area contributed by atoms with Crippen molar-refractivity contribution >= 4 is 5.91 Å². The average Bonchev–Trinajstić information content (AvgIpc) is 2.77. The Labute approximate surface area is 177 Å². The van der Waals surface area contributed by atoms with Crippen LogP contribution in [0, 0.1) is 0 Å². The van der Waals surface area contributed by atoms with Crippen molar-refractivity contribution in [3.05, 3.63) is 53.1 Å². The quantitative estimate of drug-likeness (QED) is 0.643. The van der Waals surface area contributed by atoms with Gasteiger partial charge in [0.2, 0.25) is 5.91 Å². The van der Waals surface area contributed by atoms with Crippen LogP contribution in [0.3, 0.4) is 0 Å². The number of methoxy groups -OCH3 is 4. The molecule has 2 aromatic carbocycles. The molecule has 0 saturated carbocycles. The van der Waals surface area contributed by atoms with Gasteiger partial charge in [-0.2, -0.15) is 0 Å². The summed E-state index contributed by atoms with van der Waals surface area (Å²) in [4.78, 5) is 13.4. The van der Waals surface area contributed by atoms with E-state index < -0.39 is 0 Å². The Morgan fingerprint density at radius 3 is 2.53 bits per heavy atom. The third-order valence-electron chi connectivity index (χ3n) is 5.57. The van der Waals surface area contributed by atoms with Gasteiger partial charge in [0, 0.05) is 24.7 Å². The molecule has 30 heavy (non-hydrogen) atoms. The Bertz CT molecular complexity index is 871. The number of hydrogen-bond acceptors (Lipinski definition) is 5. The zero-order valence-electron chi connectivity index (χ0n) is 18.1. The number of quaternary nitrogens is 1. The maximum Gasteiger partial charge on any atom is 0.246 e. The summed E-state index contributed by atoms with van der Waals surface area (Å²) in [5, 5.41) is 3.02. The van der Waals surface area contributed by atoms with Gasteiger partial charge >= 0.3 is 0 Å². The molecule has 2 N–H and O–H groups in total. The number of carbonyl (C=O) groups is 1. The highest BCUT2D eigenvalue weighted by molar-refractivity contribution is 5.77. The van der Waals surface area contributed by atoms with E-state index in [-0.39, 0.29) is 18.6 Å². The summed E-state index contributed by atoms with van der Waals surface area (Å²) in [7, 11) is 6.49. The fraction of sp³-hybridized carbons (Fsp3) is 0.435. The van der Waals surface area contributed by atoms with Crippen molar-refractivity contribution in [2.24, 2.45) is 0 Å². The standard InChI is InChI=1S/C23H30N2O5/c1-27-15-23(26)24-13-20-19-12-22(30-4)21(29-3)11-17(19)8-9-25(20)14-16-6-5-7-18(10-16)28-2/h5-7,10-12,20H,8-9,13-15H2,1-4H3,(H,24,26)/p+1/t20-/m1/s1. The predicted molar refractivity (Wildman–Crippen MR) is 113 cm³/mol. The van der Waals surface area contributed by atoms with Crippen LogP contribution in [0.25, 0.3) is 0 Å². The van der Waals surface area contributed by atoms with Crippen LogP contribution in [0.15, 0.2) is 36.4 Å². The van der Waals surface area contributed by atoms with Crippen LogP contribution in [0.2, 0.25) is 0 Å². The number of hydrogen-bond donors (Lipinski definition) is 2. The van der Waals surface area contributed by atoms with E-state index in [0.717, 1.165) is 31.0 Å². The smallest absolute Gasteiger partial charge is 0.246 e. The van der Waals surface area contributed by atoms with Crippen LogP contribution < -0.4 is 24.4 Å². The van der Waals surface area contributed by atoms with Crippen molar-refractivity contribution in [3.63, 3.8) is 0 Å². The number of rotatable bonds is 9. The molecule has 2 atom stereocenters. The monoisotopic (exact) mass is 415 g/mol. The number of fused-ring (bicyclic) bond motifs is 1. The van der Waals surface area contributed by atoms with E-state index in [1.807, 2.05) is 18.2 Å². The summed E-state index contributed by atoms with van der Waals surface area (Å²) in [6.45, 7) is 2.35. The first-order valence-corrected chi connectivity index (χ1v) is 10.1. The Morgan fingerprint density at radius 1 is 1.07 bits per heavy atom. The van der Waals surface area contributed by atoms with E-state index in [9.17, 15) is 4.79 Å². The van der Waals surface area contributed by atoms with Gasteiger partial charge in [-0.1, -0.05) is 12.1 Å². The molecule has 0 aliphatic carbocycles. The van der Waals surface area contributed by atoms with Crippen LogP contribution in [0.1, 0.15) is 22.7 Å². The fourth-order valence-corrected chi connectivity index (χ4v) is 4.08. The van der Waals surface area contributed by atoms with Crippen molar-refractivity contribution in [1.29, 1.82) is 0 Å². The third kappa shape index (κ3) is 5.04.